The largest absolute Gasteiger partial charge is 0.378 e. The molecule has 2 N–H and O–H groups in total. The van der Waals surface area contributed by atoms with Crippen LogP contribution in [0.15, 0.2) is 60.9 Å². The van der Waals surface area contributed by atoms with E-state index in [1.807, 2.05) is 37.1 Å². The van der Waals surface area contributed by atoms with Crippen LogP contribution in [0.5, 0.6) is 0 Å². The van der Waals surface area contributed by atoms with Crippen LogP contribution in [0.2, 0.25) is 0 Å². The third-order valence-electron chi connectivity index (χ3n) is 6.80. The van der Waals surface area contributed by atoms with Crippen LogP contribution in [-0.4, -0.2) is 66.5 Å². The summed E-state index contributed by atoms with van der Waals surface area (Å²) in [5, 5.41) is 10.4. The minimum atomic E-state index is -2.82. The van der Waals surface area contributed by atoms with E-state index in [4.69, 9.17) is 9.72 Å². The highest BCUT2D eigenvalue weighted by Gasteiger charge is 2.27. The van der Waals surface area contributed by atoms with Crippen LogP contribution in [0.4, 0.5) is 20.7 Å². The monoisotopic (exact) mass is 561 g/mol. The first-order chi connectivity index (χ1) is 19.4. The molecule has 10 nitrogen and oxygen atoms in total. The lowest BCUT2D eigenvalue weighted by Crippen LogP contribution is -2.39. The van der Waals surface area contributed by atoms with Gasteiger partial charge < -0.3 is 15.0 Å². The van der Waals surface area contributed by atoms with Crippen molar-refractivity contribution in [3.8, 4) is 17.1 Å². The molecule has 0 amide bonds. The number of alkyl halides is 2. The number of imidazole rings is 1. The number of nitrogens with one attached hydrogen (secondary N) is 2. The summed E-state index contributed by atoms with van der Waals surface area (Å²) in [6.07, 6.45) is 1.48. The topological polar surface area (TPSA) is 110 Å². The van der Waals surface area contributed by atoms with E-state index in [2.05, 4.69) is 42.6 Å². The molecule has 0 aliphatic carbocycles. The Balaban J connectivity index is 0.00000337. The molecule has 0 bridgehead atoms. The van der Waals surface area contributed by atoms with E-state index < -0.39 is 17.8 Å². The summed E-state index contributed by atoms with van der Waals surface area (Å²) in [6.45, 7) is 6.31. The van der Waals surface area contributed by atoms with Gasteiger partial charge in [0.2, 0.25) is 17.8 Å². The zero-order valence-corrected chi connectivity index (χ0v) is 22.2. The number of morpholine rings is 1. The SMILES string of the molecule is C.CC(C)(Cc1ccccc1-c1cn[nH]c1)Nc1nc(N2CCOCC2)nc(-n2c(C(F)F)nc3ccccc32)n1. The molecule has 12 heteroatoms. The lowest BCUT2D eigenvalue weighted by Gasteiger charge is -2.30. The number of fused-ring (bicyclic) bond motifs is 1. The van der Waals surface area contributed by atoms with Crippen LogP contribution in [0.25, 0.3) is 28.1 Å². The number of anilines is 2. The second-order valence-electron chi connectivity index (χ2n) is 10.3. The van der Waals surface area contributed by atoms with Crippen molar-refractivity contribution in [3.05, 3.63) is 72.3 Å². The number of ether oxygens (including phenoxy) is 1. The summed E-state index contributed by atoms with van der Waals surface area (Å²) in [5.74, 6) is 0.343. The van der Waals surface area contributed by atoms with Crippen molar-refractivity contribution in [2.75, 3.05) is 36.5 Å². The predicted octanol–water partition coefficient (Wildman–Crippen LogP) is 5.44. The zero-order chi connectivity index (χ0) is 27.7. The molecule has 4 heterocycles. The van der Waals surface area contributed by atoms with Gasteiger partial charge in [0.05, 0.1) is 30.4 Å². The van der Waals surface area contributed by atoms with Crippen molar-refractivity contribution < 1.29 is 13.5 Å². The van der Waals surface area contributed by atoms with E-state index in [1.165, 1.54) is 4.57 Å². The van der Waals surface area contributed by atoms with Gasteiger partial charge in [0, 0.05) is 30.4 Å². The number of hydrogen-bond donors (Lipinski definition) is 2. The fraction of sp³-hybridized carbons (Fsp3) is 0.345. The van der Waals surface area contributed by atoms with E-state index >= 15 is 0 Å². The number of hydrogen-bond acceptors (Lipinski definition) is 8. The van der Waals surface area contributed by atoms with Crippen LogP contribution in [0, 0.1) is 0 Å². The van der Waals surface area contributed by atoms with Crippen molar-refractivity contribution in [2.45, 2.75) is 39.7 Å². The highest BCUT2D eigenvalue weighted by molar-refractivity contribution is 5.77. The maximum atomic E-state index is 14.2. The molecule has 0 unspecified atom stereocenters. The summed E-state index contributed by atoms with van der Waals surface area (Å²) in [5.41, 5.74) is 3.61. The number of nitrogens with zero attached hydrogens (tertiary/aromatic N) is 7. The lowest BCUT2D eigenvalue weighted by atomic mass is 9.90. The fourth-order valence-electron chi connectivity index (χ4n) is 4.99. The van der Waals surface area contributed by atoms with Gasteiger partial charge in [-0.2, -0.15) is 20.1 Å². The van der Waals surface area contributed by atoms with Gasteiger partial charge in [-0.1, -0.05) is 43.8 Å². The predicted molar refractivity (Wildman–Crippen MR) is 155 cm³/mol. The zero-order valence-electron chi connectivity index (χ0n) is 22.2. The normalized spacial score (nSPS) is 13.9. The Kier molecular flexibility index (Phi) is 7.93. The van der Waals surface area contributed by atoms with Gasteiger partial charge in [0.25, 0.3) is 6.43 Å². The minimum Gasteiger partial charge on any atom is -0.378 e. The Bertz CT molecular complexity index is 1610. The summed E-state index contributed by atoms with van der Waals surface area (Å²) in [6, 6.07) is 15.1. The van der Waals surface area contributed by atoms with Crippen molar-refractivity contribution in [3.63, 3.8) is 0 Å². The summed E-state index contributed by atoms with van der Waals surface area (Å²) >= 11 is 0. The first-order valence-electron chi connectivity index (χ1n) is 13.1. The standard InChI is InChI=1S/C28H29F2N9O.CH4/c1-28(2,15-18-7-3-4-8-20(18)19-16-31-32-17-19)37-25-34-26(38-11-13-40-14-12-38)36-27(35-25)39-22-10-6-5-9-21(22)33-24(39)23(29)30;/h3-10,16-17,23H,11-15H2,1-2H3,(H,31,32)(H,34,35,36,37);1H4. The molecule has 41 heavy (non-hydrogen) atoms. The molecule has 3 aromatic heterocycles. The van der Waals surface area contributed by atoms with Crippen LogP contribution >= 0.6 is 0 Å². The van der Waals surface area contributed by atoms with Gasteiger partial charge in [-0.05, 0) is 43.5 Å². The Morgan fingerprint density at radius 3 is 2.46 bits per heavy atom. The van der Waals surface area contributed by atoms with Gasteiger partial charge >= 0.3 is 0 Å². The molecule has 2 aromatic carbocycles. The average Bonchev–Trinajstić information content (AvgIpc) is 3.62. The van der Waals surface area contributed by atoms with Crippen molar-refractivity contribution in [1.29, 1.82) is 0 Å². The number of rotatable bonds is 8. The number of benzene rings is 2. The quantitative estimate of drug-likeness (QED) is 0.258. The minimum absolute atomic E-state index is 0. The Labute approximate surface area is 236 Å². The van der Waals surface area contributed by atoms with E-state index in [9.17, 15) is 8.78 Å². The molecule has 1 aliphatic heterocycles. The van der Waals surface area contributed by atoms with Gasteiger partial charge in [-0.25, -0.2) is 13.8 Å². The second-order valence-corrected chi connectivity index (χ2v) is 10.3. The van der Waals surface area contributed by atoms with Crippen molar-refractivity contribution in [2.24, 2.45) is 0 Å². The number of aromatic nitrogens is 7. The second kappa shape index (κ2) is 11.6. The molecule has 5 aromatic rings. The Hall–Kier alpha value is -4.45. The van der Waals surface area contributed by atoms with Gasteiger partial charge in [-0.3, -0.25) is 9.67 Å². The molecular formula is C29H33F2N9O. The Morgan fingerprint density at radius 1 is 0.976 bits per heavy atom. The lowest BCUT2D eigenvalue weighted by molar-refractivity contribution is 0.122. The number of halogens is 2. The first-order valence-corrected chi connectivity index (χ1v) is 13.1. The van der Waals surface area contributed by atoms with E-state index in [0.29, 0.717) is 49.7 Å². The molecular weight excluding hydrogens is 528 g/mol. The Morgan fingerprint density at radius 2 is 1.71 bits per heavy atom. The van der Waals surface area contributed by atoms with Gasteiger partial charge in [0.15, 0.2) is 5.82 Å². The molecule has 1 aliphatic rings. The average molecular weight is 562 g/mol. The smallest absolute Gasteiger partial charge is 0.296 e. The van der Waals surface area contributed by atoms with Crippen LogP contribution in [-0.2, 0) is 11.2 Å². The molecule has 6 rings (SSSR count). The van der Waals surface area contributed by atoms with E-state index in [-0.39, 0.29) is 19.3 Å². The van der Waals surface area contributed by atoms with Crippen LogP contribution in [0.3, 0.4) is 0 Å². The maximum absolute atomic E-state index is 14.2. The van der Waals surface area contributed by atoms with Crippen molar-refractivity contribution in [1.82, 2.24) is 34.7 Å². The third kappa shape index (κ3) is 5.87. The molecule has 0 saturated carbocycles. The summed E-state index contributed by atoms with van der Waals surface area (Å²) in [4.78, 5) is 20.2. The van der Waals surface area contributed by atoms with Gasteiger partial charge in [0.1, 0.15) is 0 Å². The van der Waals surface area contributed by atoms with Crippen LogP contribution in [0.1, 0.15) is 39.1 Å². The molecule has 214 valence electrons. The number of para-hydroxylation sites is 2. The van der Waals surface area contributed by atoms with Crippen LogP contribution < -0.4 is 10.2 Å². The number of aromatic amines is 1. The number of H-pyrrole nitrogens is 1. The van der Waals surface area contributed by atoms with E-state index in [0.717, 1.165) is 16.7 Å². The van der Waals surface area contributed by atoms with E-state index in [1.54, 1.807) is 30.5 Å². The molecule has 1 fully saturated rings. The van der Waals surface area contributed by atoms with Crippen molar-refractivity contribution >= 4 is 22.9 Å². The van der Waals surface area contributed by atoms with Gasteiger partial charge in [-0.15, -0.1) is 0 Å². The summed E-state index contributed by atoms with van der Waals surface area (Å²) < 4.78 is 35.2. The maximum Gasteiger partial charge on any atom is 0.296 e. The third-order valence-corrected chi connectivity index (χ3v) is 6.80. The molecule has 0 spiro atoms. The summed E-state index contributed by atoms with van der Waals surface area (Å²) in [7, 11) is 0. The highest BCUT2D eigenvalue weighted by atomic mass is 19.3. The highest BCUT2D eigenvalue weighted by Crippen LogP contribution is 2.30. The molecule has 0 radical (unpaired) electrons. The first kappa shape index (κ1) is 28.1. The molecule has 0 atom stereocenters. The molecule has 1 saturated heterocycles. The fourth-order valence-corrected chi connectivity index (χ4v) is 4.99.